The van der Waals surface area contributed by atoms with Gasteiger partial charge in [0.05, 0.1) is 12.3 Å². The summed E-state index contributed by atoms with van der Waals surface area (Å²) in [5.74, 6) is 6.03. The van der Waals surface area contributed by atoms with E-state index < -0.39 is 5.60 Å². The molecule has 1 aliphatic heterocycles. The van der Waals surface area contributed by atoms with Crippen molar-refractivity contribution >= 4 is 21.9 Å². The second-order valence-electron chi connectivity index (χ2n) is 4.58. The highest BCUT2D eigenvalue weighted by Gasteiger charge is 2.40. The zero-order chi connectivity index (χ0) is 12.5. The first-order valence-electron chi connectivity index (χ1n) is 5.47. The van der Waals surface area contributed by atoms with Crippen LogP contribution in [0.25, 0.3) is 0 Å². The molecular formula is C14H13BrO2. The molecule has 0 spiro atoms. The summed E-state index contributed by atoms with van der Waals surface area (Å²) in [6, 6.07) is 7.78. The van der Waals surface area contributed by atoms with Gasteiger partial charge in [-0.2, -0.15) is 0 Å². The van der Waals surface area contributed by atoms with E-state index >= 15 is 0 Å². The maximum absolute atomic E-state index is 11.2. The van der Waals surface area contributed by atoms with Crippen LogP contribution in [0.5, 0.6) is 0 Å². The van der Waals surface area contributed by atoms with Gasteiger partial charge in [0.15, 0.2) is 0 Å². The molecule has 0 aromatic heterocycles. The molecule has 1 aromatic carbocycles. The molecule has 1 fully saturated rings. The van der Waals surface area contributed by atoms with Crippen molar-refractivity contribution in [1.82, 2.24) is 0 Å². The third-order valence-electron chi connectivity index (χ3n) is 2.84. The molecule has 0 amide bonds. The zero-order valence-electron chi connectivity index (χ0n) is 9.79. The Kier molecular flexibility index (Phi) is 3.26. The molecule has 2 rings (SSSR count). The van der Waals surface area contributed by atoms with Gasteiger partial charge in [0.1, 0.15) is 5.60 Å². The smallest absolute Gasteiger partial charge is 0.307 e. The van der Waals surface area contributed by atoms with Crippen LogP contribution in [0.4, 0.5) is 0 Å². The average Bonchev–Trinajstić information content (AvgIpc) is 2.50. The summed E-state index contributed by atoms with van der Waals surface area (Å²) in [5.41, 5.74) is 0.452. The Morgan fingerprint density at radius 3 is 2.71 bits per heavy atom. The zero-order valence-corrected chi connectivity index (χ0v) is 11.4. The molecule has 1 aromatic rings. The highest BCUT2D eigenvalue weighted by Crippen LogP contribution is 2.31. The standard InChI is InChI=1S/C14H13BrO2/c1-14(2)11(9-13(16)17-14)8-7-10-5-3-4-6-12(10)15/h3-6,11H,9H2,1-2H3. The largest absolute Gasteiger partial charge is 0.458 e. The van der Waals surface area contributed by atoms with Gasteiger partial charge in [0, 0.05) is 10.0 Å². The van der Waals surface area contributed by atoms with Crippen LogP contribution in [0, 0.1) is 17.8 Å². The van der Waals surface area contributed by atoms with Gasteiger partial charge in [0.2, 0.25) is 0 Å². The first-order valence-corrected chi connectivity index (χ1v) is 6.26. The maximum Gasteiger partial charge on any atom is 0.307 e. The van der Waals surface area contributed by atoms with Crippen molar-refractivity contribution in [2.45, 2.75) is 25.9 Å². The van der Waals surface area contributed by atoms with Crippen LogP contribution in [-0.2, 0) is 9.53 Å². The van der Waals surface area contributed by atoms with E-state index in [-0.39, 0.29) is 11.9 Å². The van der Waals surface area contributed by atoms with Gasteiger partial charge in [-0.25, -0.2) is 0 Å². The fraction of sp³-hybridized carbons (Fsp3) is 0.357. The molecule has 17 heavy (non-hydrogen) atoms. The van der Waals surface area contributed by atoms with Gasteiger partial charge in [-0.15, -0.1) is 0 Å². The van der Waals surface area contributed by atoms with E-state index in [1.54, 1.807) is 0 Å². The molecular weight excluding hydrogens is 280 g/mol. The fourth-order valence-corrected chi connectivity index (χ4v) is 2.15. The van der Waals surface area contributed by atoms with Crippen molar-refractivity contribution in [1.29, 1.82) is 0 Å². The van der Waals surface area contributed by atoms with Crippen LogP contribution >= 0.6 is 15.9 Å². The lowest BCUT2D eigenvalue weighted by atomic mass is 9.91. The quantitative estimate of drug-likeness (QED) is 0.542. The Hall–Kier alpha value is -1.27. The van der Waals surface area contributed by atoms with Crippen molar-refractivity contribution in [3.8, 4) is 11.8 Å². The summed E-state index contributed by atoms with van der Waals surface area (Å²) in [6.07, 6.45) is 0.379. The molecule has 0 bridgehead atoms. The monoisotopic (exact) mass is 292 g/mol. The lowest BCUT2D eigenvalue weighted by Gasteiger charge is -2.20. The topological polar surface area (TPSA) is 26.3 Å². The number of ether oxygens (including phenoxy) is 1. The fourth-order valence-electron chi connectivity index (χ4n) is 1.77. The molecule has 1 atom stereocenters. The van der Waals surface area contributed by atoms with Gasteiger partial charge in [-0.05, 0) is 41.9 Å². The number of rotatable bonds is 0. The summed E-state index contributed by atoms with van der Waals surface area (Å²) < 4.78 is 6.19. The number of hydrogen-bond acceptors (Lipinski definition) is 2. The molecule has 2 nitrogen and oxygen atoms in total. The van der Waals surface area contributed by atoms with E-state index in [2.05, 4.69) is 27.8 Å². The van der Waals surface area contributed by atoms with E-state index in [9.17, 15) is 4.79 Å². The van der Waals surface area contributed by atoms with E-state index in [1.165, 1.54) is 0 Å². The molecule has 88 valence electrons. The van der Waals surface area contributed by atoms with Crippen molar-refractivity contribution < 1.29 is 9.53 Å². The summed E-state index contributed by atoms with van der Waals surface area (Å²) in [4.78, 5) is 11.2. The number of halogens is 1. The number of carbonyl (C=O) groups excluding carboxylic acids is 1. The molecule has 0 N–H and O–H groups in total. The minimum absolute atomic E-state index is 0.0397. The Morgan fingerprint density at radius 2 is 2.12 bits per heavy atom. The van der Waals surface area contributed by atoms with Crippen LogP contribution in [0.1, 0.15) is 25.8 Å². The number of benzene rings is 1. The number of carbonyl (C=O) groups is 1. The number of hydrogen-bond donors (Lipinski definition) is 0. The predicted octanol–water partition coefficient (Wildman–Crippen LogP) is 3.14. The third kappa shape index (κ3) is 2.70. The lowest BCUT2D eigenvalue weighted by molar-refractivity contribution is -0.146. The first-order chi connectivity index (χ1) is 7.99. The van der Waals surface area contributed by atoms with Crippen molar-refractivity contribution in [3.05, 3.63) is 34.3 Å². The Balaban J connectivity index is 2.23. The minimum Gasteiger partial charge on any atom is -0.458 e. The normalized spacial score (nSPS) is 21.6. The van der Waals surface area contributed by atoms with Gasteiger partial charge in [-0.1, -0.05) is 24.0 Å². The molecule has 1 heterocycles. The minimum atomic E-state index is -0.481. The van der Waals surface area contributed by atoms with E-state index in [4.69, 9.17) is 4.74 Å². The number of cyclic esters (lactones) is 1. The molecule has 0 saturated carbocycles. The molecule has 3 heteroatoms. The predicted molar refractivity (Wildman–Crippen MR) is 69.3 cm³/mol. The van der Waals surface area contributed by atoms with Crippen molar-refractivity contribution in [2.75, 3.05) is 0 Å². The summed E-state index contributed by atoms with van der Waals surface area (Å²) in [5, 5.41) is 0. The molecule has 0 radical (unpaired) electrons. The lowest BCUT2D eigenvalue weighted by Crippen LogP contribution is -2.26. The summed E-state index contributed by atoms with van der Waals surface area (Å²) in [6.45, 7) is 3.80. The summed E-state index contributed by atoms with van der Waals surface area (Å²) in [7, 11) is 0. The Morgan fingerprint density at radius 1 is 1.41 bits per heavy atom. The van der Waals surface area contributed by atoms with Crippen molar-refractivity contribution in [2.24, 2.45) is 5.92 Å². The van der Waals surface area contributed by atoms with E-state index in [1.807, 2.05) is 38.1 Å². The van der Waals surface area contributed by atoms with E-state index in [0.29, 0.717) is 6.42 Å². The van der Waals surface area contributed by atoms with Crippen LogP contribution in [0.2, 0.25) is 0 Å². The molecule has 1 saturated heterocycles. The number of esters is 1. The Bertz CT molecular complexity index is 508. The van der Waals surface area contributed by atoms with Crippen LogP contribution in [0.3, 0.4) is 0 Å². The van der Waals surface area contributed by atoms with Crippen LogP contribution in [0.15, 0.2) is 28.7 Å². The maximum atomic E-state index is 11.2. The highest BCUT2D eigenvalue weighted by atomic mass is 79.9. The van der Waals surface area contributed by atoms with Gasteiger partial charge >= 0.3 is 5.97 Å². The molecule has 0 aliphatic carbocycles. The van der Waals surface area contributed by atoms with E-state index in [0.717, 1.165) is 10.0 Å². The SMILES string of the molecule is CC1(C)OC(=O)CC1C#Cc1ccccc1Br. The second kappa shape index (κ2) is 4.54. The van der Waals surface area contributed by atoms with Crippen molar-refractivity contribution in [3.63, 3.8) is 0 Å². The van der Waals surface area contributed by atoms with Crippen LogP contribution < -0.4 is 0 Å². The summed E-state index contributed by atoms with van der Waals surface area (Å²) >= 11 is 3.45. The molecule has 1 unspecified atom stereocenters. The Labute approximate surface area is 109 Å². The van der Waals surface area contributed by atoms with Gasteiger partial charge < -0.3 is 4.74 Å². The highest BCUT2D eigenvalue weighted by molar-refractivity contribution is 9.10. The van der Waals surface area contributed by atoms with Crippen LogP contribution in [-0.4, -0.2) is 11.6 Å². The third-order valence-corrected chi connectivity index (χ3v) is 3.53. The second-order valence-corrected chi connectivity index (χ2v) is 5.44. The molecule has 1 aliphatic rings. The van der Waals surface area contributed by atoms with Gasteiger partial charge in [0.25, 0.3) is 0 Å². The average molecular weight is 293 g/mol. The first kappa shape index (κ1) is 12.2. The van der Waals surface area contributed by atoms with Gasteiger partial charge in [-0.3, -0.25) is 4.79 Å².